The second-order valence-corrected chi connectivity index (χ2v) is 15.7. The lowest BCUT2D eigenvalue weighted by Gasteiger charge is -2.23. The van der Waals surface area contributed by atoms with Crippen molar-refractivity contribution in [2.24, 2.45) is 0 Å². The van der Waals surface area contributed by atoms with Crippen LogP contribution in [0.4, 0.5) is 8.78 Å². The van der Waals surface area contributed by atoms with Gasteiger partial charge in [0.15, 0.2) is 5.43 Å². The Bertz CT molecular complexity index is 3360. The summed E-state index contributed by atoms with van der Waals surface area (Å²) in [6.07, 6.45) is 0. The van der Waals surface area contributed by atoms with E-state index in [4.69, 9.17) is 9.97 Å². The third kappa shape index (κ3) is 4.86. The van der Waals surface area contributed by atoms with Crippen molar-refractivity contribution in [3.8, 4) is 39.6 Å². The average molecular weight is 742 g/mol. The topological polar surface area (TPSA) is 47.8 Å². The van der Waals surface area contributed by atoms with Crippen LogP contribution in [0.15, 0.2) is 150 Å². The molecule has 8 aromatic carbocycles. The molecular formula is C51H33F2N3O. The Kier molecular flexibility index (Phi) is 7.00. The highest BCUT2D eigenvalue weighted by Gasteiger charge is 2.37. The summed E-state index contributed by atoms with van der Waals surface area (Å²) in [7, 11) is 0. The number of halogens is 2. The van der Waals surface area contributed by atoms with Gasteiger partial charge in [-0.25, -0.2) is 18.7 Å². The minimum Gasteiger partial charge on any atom is -0.288 e. The van der Waals surface area contributed by atoms with Gasteiger partial charge in [0, 0.05) is 27.3 Å². The summed E-state index contributed by atoms with van der Waals surface area (Å²) in [4.78, 5) is 24.8. The van der Waals surface area contributed by atoms with Gasteiger partial charge < -0.3 is 0 Å². The molecule has 0 unspecified atom stereocenters. The van der Waals surface area contributed by atoms with E-state index in [2.05, 4.69) is 87.5 Å². The van der Waals surface area contributed by atoms with Gasteiger partial charge in [0.25, 0.3) is 0 Å². The van der Waals surface area contributed by atoms with Gasteiger partial charge in [-0.2, -0.15) is 0 Å². The van der Waals surface area contributed by atoms with Gasteiger partial charge in [-0.15, -0.1) is 0 Å². The van der Waals surface area contributed by atoms with E-state index in [1.165, 1.54) is 67.7 Å². The number of benzene rings is 8. The standard InChI is InChI=1S/C51H33F2N3O/c1-28-9-8-13-35-37-23-39-40-24-41-47(26-43(40)51(2,3)42(39)25-38(37)33-10-4-5-11-34(33)48(28)35)56(46-14-7-6-12-36(46)49(41)57)50-54-44(29-15-19-31(52)20-16-29)27-45(55-50)30-17-21-32(53)22-18-30/h4-27H,1-3H3. The van der Waals surface area contributed by atoms with E-state index < -0.39 is 5.41 Å². The van der Waals surface area contributed by atoms with Crippen LogP contribution in [-0.4, -0.2) is 14.5 Å². The largest absolute Gasteiger partial charge is 0.288 e. The molecule has 2 aromatic heterocycles. The summed E-state index contributed by atoms with van der Waals surface area (Å²) in [6.45, 7) is 6.69. The third-order valence-corrected chi connectivity index (χ3v) is 12.0. The highest BCUT2D eigenvalue weighted by Crippen LogP contribution is 2.52. The first kappa shape index (κ1) is 33.3. The molecule has 0 spiro atoms. The van der Waals surface area contributed by atoms with E-state index in [0.717, 1.165) is 16.7 Å². The van der Waals surface area contributed by atoms with Crippen LogP contribution in [0.25, 0.3) is 93.7 Å². The smallest absolute Gasteiger partial charge is 0.235 e. The lowest BCUT2D eigenvalue weighted by atomic mass is 9.80. The van der Waals surface area contributed by atoms with E-state index in [9.17, 15) is 13.6 Å². The molecule has 11 rings (SSSR count). The molecule has 10 aromatic rings. The lowest BCUT2D eigenvalue weighted by Crippen LogP contribution is -2.17. The van der Waals surface area contributed by atoms with Gasteiger partial charge in [0.2, 0.25) is 5.95 Å². The Morgan fingerprint density at radius 1 is 0.509 bits per heavy atom. The first-order valence-corrected chi connectivity index (χ1v) is 19.1. The summed E-state index contributed by atoms with van der Waals surface area (Å²) in [6, 6.07) is 45.8. The molecule has 1 aliphatic rings. The molecule has 6 heteroatoms. The van der Waals surface area contributed by atoms with Crippen LogP contribution in [0.2, 0.25) is 0 Å². The first-order valence-electron chi connectivity index (χ1n) is 19.1. The van der Waals surface area contributed by atoms with Gasteiger partial charge in [0.05, 0.1) is 22.4 Å². The summed E-state index contributed by atoms with van der Waals surface area (Å²) >= 11 is 0. The maximum atomic E-state index is 14.6. The molecule has 0 N–H and O–H groups in total. The SMILES string of the molecule is Cc1cccc2c3cc4c(cc3c3ccccc3c12)C(C)(C)c1cc2c(cc1-4)c(=O)c1ccccc1n2-c1nc(-c2ccc(F)cc2)cc(-c2ccc(F)cc2)n1. The van der Waals surface area contributed by atoms with E-state index in [0.29, 0.717) is 50.3 Å². The lowest BCUT2D eigenvalue weighted by molar-refractivity contribution is 0.627. The third-order valence-electron chi connectivity index (χ3n) is 12.0. The normalized spacial score (nSPS) is 13.2. The molecule has 0 amide bonds. The van der Waals surface area contributed by atoms with Gasteiger partial charge in [-0.05, 0) is 158 Å². The number of hydrogen-bond donors (Lipinski definition) is 0. The maximum Gasteiger partial charge on any atom is 0.235 e. The fourth-order valence-corrected chi connectivity index (χ4v) is 9.23. The Morgan fingerprint density at radius 2 is 1.04 bits per heavy atom. The predicted molar refractivity (Wildman–Crippen MR) is 228 cm³/mol. The quantitative estimate of drug-likeness (QED) is 0.134. The van der Waals surface area contributed by atoms with Crippen LogP contribution < -0.4 is 5.43 Å². The maximum absolute atomic E-state index is 14.6. The second kappa shape index (κ2) is 12.0. The van der Waals surface area contributed by atoms with Crippen molar-refractivity contribution in [2.45, 2.75) is 26.2 Å². The van der Waals surface area contributed by atoms with Crippen molar-refractivity contribution in [2.75, 3.05) is 0 Å². The number of aryl methyl sites for hydroxylation is 1. The van der Waals surface area contributed by atoms with Gasteiger partial charge in [-0.3, -0.25) is 9.36 Å². The molecule has 4 nitrogen and oxygen atoms in total. The molecule has 57 heavy (non-hydrogen) atoms. The molecule has 0 atom stereocenters. The van der Waals surface area contributed by atoms with E-state index in [1.807, 2.05) is 34.9 Å². The predicted octanol–water partition coefficient (Wildman–Crippen LogP) is 12.6. The Morgan fingerprint density at radius 3 is 1.70 bits per heavy atom. The summed E-state index contributed by atoms with van der Waals surface area (Å²) in [5, 5.41) is 8.40. The Balaban J connectivity index is 1.23. The first-order chi connectivity index (χ1) is 27.7. The zero-order valence-electron chi connectivity index (χ0n) is 31.4. The molecule has 2 heterocycles. The number of fused-ring (bicyclic) bond motifs is 11. The molecule has 1 aliphatic carbocycles. The monoisotopic (exact) mass is 741 g/mol. The minimum atomic E-state index is -0.418. The summed E-state index contributed by atoms with van der Waals surface area (Å²) < 4.78 is 30.2. The number of nitrogens with zero attached hydrogens (tertiary/aromatic N) is 3. The van der Waals surface area contributed by atoms with Crippen molar-refractivity contribution < 1.29 is 8.78 Å². The van der Waals surface area contributed by atoms with Crippen molar-refractivity contribution in [1.29, 1.82) is 0 Å². The van der Waals surface area contributed by atoms with Gasteiger partial charge in [-0.1, -0.05) is 68.4 Å². The molecule has 0 aliphatic heterocycles. The number of pyridine rings is 1. The van der Waals surface area contributed by atoms with Gasteiger partial charge in [0.1, 0.15) is 11.6 Å². The summed E-state index contributed by atoms with van der Waals surface area (Å²) in [5.41, 5.74) is 9.03. The van der Waals surface area contributed by atoms with Crippen LogP contribution in [0, 0.1) is 18.6 Å². The number of rotatable bonds is 3. The highest BCUT2D eigenvalue weighted by molar-refractivity contribution is 6.27. The molecule has 0 saturated heterocycles. The second-order valence-electron chi connectivity index (χ2n) is 15.7. The van der Waals surface area contributed by atoms with Crippen molar-refractivity contribution in [3.63, 3.8) is 0 Å². The fraction of sp³-hybridized carbons (Fsp3) is 0.0784. The number of aromatic nitrogens is 3. The molecule has 0 bridgehead atoms. The van der Waals surface area contributed by atoms with Crippen molar-refractivity contribution in [1.82, 2.24) is 14.5 Å². The average Bonchev–Trinajstić information content (AvgIpc) is 3.44. The highest BCUT2D eigenvalue weighted by atomic mass is 19.1. The number of para-hydroxylation sites is 1. The van der Waals surface area contributed by atoms with Crippen molar-refractivity contribution in [3.05, 3.63) is 184 Å². The number of hydrogen-bond acceptors (Lipinski definition) is 3. The summed E-state index contributed by atoms with van der Waals surface area (Å²) in [5.74, 6) is -0.373. The van der Waals surface area contributed by atoms with Gasteiger partial charge >= 0.3 is 0 Å². The van der Waals surface area contributed by atoms with Crippen LogP contribution >= 0.6 is 0 Å². The van der Waals surface area contributed by atoms with E-state index in [-0.39, 0.29) is 17.1 Å². The van der Waals surface area contributed by atoms with Crippen LogP contribution in [-0.2, 0) is 5.41 Å². The fourth-order valence-electron chi connectivity index (χ4n) is 9.23. The van der Waals surface area contributed by atoms with Crippen LogP contribution in [0.3, 0.4) is 0 Å². The minimum absolute atomic E-state index is 0.0767. The zero-order valence-corrected chi connectivity index (χ0v) is 31.4. The Labute approximate surface area is 326 Å². The van der Waals surface area contributed by atoms with Crippen LogP contribution in [0.1, 0.15) is 30.5 Å². The molecule has 0 saturated carbocycles. The van der Waals surface area contributed by atoms with Crippen molar-refractivity contribution >= 4 is 54.1 Å². The molecule has 272 valence electrons. The van der Waals surface area contributed by atoms with Crippen LogP contribution in [0.5, 0.6) is 0 Å². The Hall–Kier alpha value is -7.05. The molecule has 0 fully saturated rings. The molecule has 0 radical (unpaired) electrons. The van der Waals surface area contributed by atoms with E-state index >= 15 is 0 Å². The zero-order chi connectivity index (χ0) is 38.7. The molecular weight excluding hydrogens is 709 g/mol. The van der Waals surface area contributed by atoms with E-state index in [1.54, 1.807) is 24.3 Å².